The van der Waals surface area contributed by atoms with Gasteiger partial charge in [-0.05, 0) is 282 Å². The third-order valence-electron chi connectivity index (χ3n) is 26.6. The van der Waals surface area contributed by atoms with E-state index in [9.17, 15) is 0 Å². The molecule has 0 spiro atoms. The summed E-state index contributed by atoms with van der Waals surface area (Å²) in [4.78, 5) is 4.81. The molecule has 0 bridgehead atoms. The van der Waals surface area contributed by atoms with E-state index in [1.807, 2.05) is 24.3 Å². The lowest BCUT2D eigenvalue weighted by Crippen LogP contribution is -2.16. The molecule has 22 aromatic rings. The van der Waals surface area contributed by atoms with Crippen LogP contribution in [0.15, 0.2) is 458 Å². The average Bonchev–Trinajstić information content (AvgIpc) is 1.57. The maximum absolute atomic E-state index is 6.21. The summed E-state index contributed by atoms with van der Waals surface area (Å²) in [5, 5.41) is 9.60. The highest BCUT2D eigenvalue weighted by molar-refractivity contribution is 6.08. The van der Waals surface area contributed by atoms with Crippen molar-refractivity contribution < 1.29 is 8.83 Å². The lowest BCUT2D eigenvalue weighted by atomic mass is 9.81. The predicted molar refractivity (Wildman–Crippen MR) is 530 cm³/mol. The molecule has 0 saturated carbocycles. The zero-order valence-corrected chi connectivity index (χ0v) is 70.4. The summed E-state index contributed by atoms with van der Waals surface area (Å²) in [5.74, 6) is 0. The average molecular weight is 1610 g/mol. The zero-order chi connectivity index (χ0) is 84.1. The van der Waals surface area contributed by atoms with Crippen LogP contribution in [0.5, 0.6) is 0 Å². The molecule has 2 aromatic heterocycles. The molecule has 126 heavy (non-hydrogen) atoms. The number of nitrogens with zero attached hydrogens (tertiary/aromatic N) is 2. The molecule has 0 radical (unpaired) electrons. The number of hydrogen-bond donors (Lipinski definition) is 0. The van der Waals surface area contributed by atoms with E-state index < -0.39 is 0 Å². The molecular weight excluding hydrogens is 1530 g/mol. The smallest absolute Gasteiger partial charge is 0.136 e. The van der Waals surface area contributed by atoms with Crippen LogP contribution in [0.25, 0.3) is 177 Å². The standard InChI is InChI=1S/2C61H43NO/c1-61(2)57-37-46(40-11-4-3-5-12-40)27-34-53(57)54-36-33-50(39-58(54)61)62(49-31-25-45(26-32-49)52-17-10-14-44-13-6-7-15-51(44)52)48-29-23-42(24-30-48)41-19-21-43(22-20-41)47-28-35-56-55-16-8-9-18-59(55)63-60(56)38-47;1-61(2)57-37-48(40-10-4-3-5-11-40)26-33-53(57)54-35-32-52(39-58(54)61)62(51-30-24-45(25-31-51)47-21-20-41-12-6-7-13-46(41)36-47)50-28-22-43(23-29-50)42-16-18-44(19-17-42)49-27-34-56-55-14-8-9-15-59(55)63-60(56)38-49/h2*3-39H,1-2H3. The number of furan rings is 2. The Balaban J connectivity index is 0.000000145. The minimum atomic E-state index is -0.177. The Morgan fingerprint density at radius 3 is 0.873 bits per heavy atom. The van der Waals surface area contributed by atoms with Crippen LogP contribution in [0.1, 0.15) is 49.9 Å². The SMILES string of the molecule is CC1(C)c2cc(-c3ccccc3)ccc2-c2ccc(N(c3ccc(-c4ccc(-c5ccc6c(c5)oc5ccccc56)cc4)cc3)c3ccc(-c4ccc5ccccc5c4)cc3)cc21.CC1(C)c2cc(-c3ccccc3)ccc2-c2ccc(N(c3ccc(-c4ccc(-c5ccc6c(c5)oc5ccccc56)cc4)cc3)c3ccc(-c4cccc5ccccc45)cc3)cc21. The van der Waals surface area contributed by atoms with Crippen molar-refractivity contribution in [2.45, 2.75) is 38.5 Å². The van der Waals surface area contributed by atoms with Gasteiger partial charge < -0.3 is 18.6 Å². The second-order valence-corrected chi connectivity index (χ2v) is 34.7. The van der Waals surface area contributed by atoms with Crippen LogP contribution in [0.4, 0.5) is 34.1 Å². The Morgan fingerprint density at radius 2 is 0.437 bits per heavy atom. The summed E-state index contributed by atoms with van der Waals surface area (Å²) in [5.41, 5.74) is 39.8. The topological polar surface area (TPSA) is 32.8 Å². The Hall–Kier alpha value is -15.9. The first-order valence-corrected chi connectivity index (χ1v) is 43.6. The Morgan fingerprint density at radius 1 is 0.159 bits per heavy atom. The fraction of sp³-hybridized carbons (Fsp3) is 0.0492. The van der Waals surface area contributed by atoms with E-state index in [0.717, 1.165) is 100 Å². The fourth-order valence-corrected chi connectivity index (χ4v) is 19.8. The highest BCUT2D eigenvalue weighted by Gasteiger charge is 2.38. The van der Waals surface area contributed by atoms with Gasteiger partial charge in [-0.15, -0.1) is 0 Å². The predicted octanol–water partition coefficient (Wildman–Crippen LogP) is 34.4. The maximum Gasteiger partial charge on any atom is 0.136 e. The van der Waals surface area contributed by atoms with Gasteiger partial charge in [0.15, 0.2) is 0 Å². The van der Waals surface area contributed by atoms with Crippen molar-refractivity contribution >= 4 is 99.5 Å². The second-order valence-electron chi connectivity index (χ2n) is 34.7. The summed E-state index contributed by atoms with van der Waals surface area (Å²) in [6.07, 6.45) is 0. The molecule has 0 amide bonds. The third kappa shape index (κ3) is 13.3. The lowest BCUT2D eigenvalue weighted by molar-refractivity contribution is 0.660. The molecule has 24 rings (SSSR count). The van der Waals surface area contributed by atoms with E-state index in [-0.39, 0.29) is 10.8 Å². The summed E-state index contributed by atoms with van der Waals surface area (Å²) in [6.45, 7) is 9.49. The molecular formula is C122H86N2O2. The van der Waals surface area contributed by atoms with Crippen molar-refractivity contribution in [3.05, 3.63) is 471 Å². The van der Waals surface area contributed by atoms with Gasteiger partial charge in [0.1, 0.15) is 22.3 Å². The van der Waals surface area contributed by atoms with Crippen LogP contribution in [-0.4, -0.2) is 0 Å². The van der Waals surface area contributed by atoms with Crippen molar-refractivity contribution in [2.24, 2.45) is 0 Å². The summed E-state index contributed by atoms with van der Waals surface area (Å²) in [7, 11) is 0. The second kappa shape index (κ2) is 30.6. The van der Waals surface area contributed by atoms with Crippen molar-refractivity contribution in [1.82, 2.24) is 0 Å². The molecule has 0 N–H and O–H groups in total. The summed E-state index contributed by atoms with van der Waals surface area (Å²) >= 11 is 0. The molecule has 20 aromatic carbocycles. The summed E-state index contributed by atoms with van der Waals surface area (Å²) < 4.78 is 12.4. The molecule has 4 heteroatoms. The molecule has 2 aliphatic carbocycles. The van der Waals surface area contributed by atoms with E-state index in [0.29, 0.717) is 0 Å². The van der Waals surface area contributed by atoms with Crippen LogP contribution < -0.4 is 9.80 Å². The number of para-hydroxylation sites is 2. The first-order valence-electron chi connectivity index (χ1n) is 43.6. The molecule has 0 aliphatic heterocycles. The van der Waals surface area contributed by atoms with E-state index in [1.54, 1.807) is 0 Å². The maximum atomic E-state index is 6.21. The molecule has 0 saturated heterocycles. The van der Waals surface area contributed by atoms with Gasteiger partial charge in [-0.25, -0.2) is 0 Å². The van der Waals surface area contributed by atoms with Crippen LogP contribution >= 0.6 is 0 Å². The van der Waals surface area contributed by atoms with Crippen molar-refractivity contribution in [2.75, 3.05) is 9.80 Å². The molecule has 0 atom stereocenters. The van der Waals surface area contributed by atoms with Crippen LogP contribution in [-0.2, 0) is 10.8 Å². The van der Waals surface area contributed by atoms with Crippen molar-refractivity contribution in [1.29, 1.82) is 0 Å². The number of benzene rings is 20. The van der Waals surface area contributed by atoms with Crippen molar-refractivity contribution in [3.8, 4) is 111 Å². The third-order valence-corrected chi connectivity index (χ3v) is 26.6. The first kappa shape index (κ1) is 75.1. The van der Waals surface area contributed by atoms with Crippen LogP contribution in [0.3, 0.4) is 0 Å². The van der Waals surface area contributed by atoms with E-state index in [4.69, 9.17) is 8.83 Å². The van der Waals surface area contributed by atoms with E-state index in [1.165, 1.54) is 133 Å². The van der Waals surface area contributed by atoms with Gasteiger partial charge >= 0.3 is 0 Å². The fourth-order valence-electron chi connectivity index (χ4n) is 19.8. The van der Waals surface area contributed by atoms with Crippen molar-refractivity contribution in [3.63, 3.8) is 0 Å². The van der Waals surface area contributed by atoms with Gasteiger partial charge in [-0.3, -0.25) is 0 Å². The minimum Gasteiger partial charge on any atom is -0.456 e. The van der Waals surface area contributed by atoms with Gasteiger partial charge in [-0.1, -0.05) is 349 Å². The number of rotatable bonds is 14. The normalized spacial score (nSPS) is 12.7. The molecule has 2 aliphatic rings. The highest BCUT2D eigenvalue weighted by Crippen LogP contribution is 2.55. The lowest BCUT2D eigenvalue weighted by Gasteiger charge is -2.28. The zero-order valence-electron chi connectivity index (χ0n) is 70.4. The molecule has 4 nitrogen and oxygen atoms in total. The molecule has 0 fully saturated rings. The monoisotopic (exact) mass is 1610 g/mol. The largest absolute Gasteiger partial charge is 0.456 e. The first-order chi connectivity index (χ1) is 61.9. The Labute approximate surface area is 734 Å². The quantitative estimate of drug-likeness (QED) is 0.109. The molecule has 596 valence electrons. The number of hydrogen-bond acceptors (Lipinski definition) is 4. The van der Waals surface area contributed by atoms with Crippen LogP contribution in [0, 0.1) is 0 Å². The van der Waals surface area contributed by atoms with Gasteiger partial charge in [0, 0.05) is 66.5 Å². The molecule has 2 heterocycles. The highest BCUT2D eigenvalue weighted by atomic mass is 16.3. The number of fused-ring (bicyclic) bond motifs is 14. The van der Waals surface area contributed by atoms with E-state index in [2.05, 4.69) is 462 Å². The van der Waals surface area contributed by atoms with Gasteiger partial charge in [0.25, 0.3) is 0 Å². The van der Waals surface area contributed by atoms with Crippen LogP contribution in [0.2, 0.25) is 0 Å². The van der Waals surface area contributed by atoms with Gasteiger partial charge in [0.05, 0.1) is 0 Å². The Kier molecular flexibility index (Phi) is 18.3. The minimum absolute atomic E-state index is 0.176. The Bertz CT molecular complexity index is 7940. The van der Waals surface area contributed by atoms with Gasteiger partial charge in [0.2, 0.25) is 0 Å². The number of anilines is 6. The molecule has 0 unspecified atom stereocenters. The summed E-state index contributed by atoms with van der Waals surface area (Å²) in [6, 6.07) is 163. The van der Waals surface area contributed by atoms with Gasteiger partial charge in [-0.2, -0.15) is 0 Å². The van der Waals surface area contributed by atoms with E-state index >= 15 is 0 Å².